The van der Waals surface area contributed by atoms with Gasteiger partial charge in [-0.1, -0.05) is 41.4 Å². The largest absolute Gasteiger partial charge is 0.346 e. The second-order valence-electron chi connectivity index (χ2n) is 7.42. The van der Waals surface area contributed by atoms with E-state index in [0.29, 0.717) is 27.5 Å². The Morgan fingerprint density at radius 1 is 1.00 bits per heavy atom. The van der Waals surface area contributed by atoms with Gasteiger partial charge < -0.3 is 10.2 Å². The zero-order valence-electron chi connectivity index (χ0n) is 16.8. The summed E-state index contributed by atoms with van der Waals surface area (Å²) in [5, 5.41) is 9.61. The van der Waals surface area contributed by atoms with Gasteiger partial charge in [0.15, 0.2) is 10.9 Å². The molecule has 1 N–H and O–H groups in total. The smallest absolute Gasteiger partial charge is 0.174 e. The molecule has 1 fully saturated rings. The normalized spacial score (nSPS) is 14.6. The zero-order valence-corrected chi connectivity index (χ0v) is 19.1. The van der Waals surface area contributed by atoms with Gasteiger partial charge in [0, 0.05) is 60.6 Å². The van der Waals surface area contributed by atoms with Crippen LogP contribution in [0.15, 0.2) is 54.7 Å². The summed E-state index contributed by atoms with van der Waals surface area (Å²) in [4.78, 5) is 4.43. The standard InChI is InChI=1S/C22H22Cl2FN5S/c23-19-5-2-6-20(24)18(19)15-30-8-7-21(27-30)26-22(31)29-11-9-28(10-12-29)14-16-3-1-4-17(25)13-16/h1-8,13H,9-12,14-15H2,(H,26,27,31). The number of hydrogen-bond acceptors (Lipinski definition) is 3. The first-order chi connectivity index (χ1) is 15.0. The van der Waals surface area contributed by atoms with Crippen LogP contribution in [0.1, 0.15) is 11.1 Å². The summed E-state index contributed by atoms with van der Waals surface area (Å²) in [7, 11) is 0. The number of aromatic nitrogens is 2. The molecule has 0 unspecified atom stereocenters. The second-order valence-corrected chi connectivity index (χ2v) is 8.62. The average Bonchev–Trinajstić information content (AvgIpc) is 3.18. The number of piperazine rings is 1. The van der Waals surface area contributed by atoms with Crippen LogP contribution >= 0.6 is 35.4 Å². The third-order valence-corrected chi connectivity index (χ3v) is 6.28. The van der Waals surface area contributed by atoms with Crippen LogP contribution in [0.2, 0.25) is 10.0 Å². The van der Waals surface area contributed by atoms with E-state index in [1.54, 1.807) is 16.8 Å². The lowest BCUT2D eigenvalue weighted by atomic mass is 10.2. The number of nitrogens with one attached hydrogen (secondary N) is 1. The predicted molar refractivity (Wildman–Crippen MR) is 127 cm³/mol. The summed E-state index contributed by atoms with van der Waals surface area (Å²) in [6, 6.07) is 14.1. The van der Waals surface area contributed by atoms with Gasteiger partial charge in [-0.3, -0.25) is 9.58 Å². The molecule has 9 heteroatoms. The molecular formula is C22H22Cl2FN5S. The number of nitrogens with zero attached hydrogens (tertiary/aromatic N) is 4. The van der Waals surface area contributed by atoms with Gasteiger partial charge in [0.25, 0.3) is 0 Å². The fourth-order valence-corrected chi connectivity index (χ4v) is 4.36. The maximum absolute atomic E-state index is 13.4. The Kier molecular flexibility index (Phi) is 7.07. The first-order valence-electron chi connectivity index (χ1n) is 9.97. The molecule has 5 nitrogen and oxygen atoms in total. The predicted octanol–water partition coefficient (Wildman–Crippen LogP) is 4.89. The van der Waals surface area contributed by atoms with E-state index in [-0.39, 0.29) is 5.82 Å². The molecule has 0 aliphatic carbocycles. The van der Waals surface area contributed by atoms with Crippen LogP contribution in [-0.2, 0) is 13.1 Å². The zero-order chi connectivity index (χ0) is 21.8. The number of halogens is 3. The number of benzene rings is 2. The molecule has 1 aliphatic rings. The highest BCUT2D eigenvalue weighted by molar-refractivity contribution is 7.80. The molecule has 0 radical (unpaired) electrons. The first-order valence-corrected chi connectivity index (χ1v) is 11.1. The quantitative estimate of drug-likeness (QED) is 0.529. The number of hydrogen-bond donors (Lipinski definition) is 1. The summed E-state index contributed by atoms with van der Waals surface area (Å²) in [6.07, 6.45) is 1.86. The maximum Gasteiger partial charge on any atom is 0.174 e. The van der Waals surface area contributed by atoms with Crippen LogP contribution in [0, 0.1) is 5.82 Å². The monoisotopic (exact) mass is 477 g/mol. The Morgan fingerprint density at radius 2 is 1.71 bits per heavy atom. The van der Waals surface area contributed by atoms with Gasteiger partial charge in [0.05, 0.1) is 6.54 Å². The fourth-order valence-electron chi connectivity index (χ4n) is 3.55. The third kappa shape index (κ3) is 5.74. The van der Waals surface area contributed by atoms with E-state index in [9.17, 15) is 4.39 Å². The topological polar surface area (TPSA) is 36.3 Å². The fraction of sp³-hybridized carbons (Fsp3) is 0.273. The SMILES string of the molecule is Fc1cccc(CN2CCN(C(=S)Nc3ccn(Cc4c(Cl)cccc4Cl)n3)CC2)c1. The second kappa shape index (κ2) is 9.96. The van der Waals surface area contributed by atoms with Crippen LogP contribution in [-0.4, -0.2) is 50.9 Å². The minimum Gasteiger partial charge on any atom is -0.346 e. The van der Waals surface area contributed by atoms with E-state index in [0.717, 1.165) is 43.9 Å². The average molecular weight is 478 g/mol. The lowest BCUT2D eigenvalue weighted by molar-refractivity contribution is 0.177. The lowest BCUT2D eigenvalue weighted by Gasteiger charge is -2.36. The molecule has 162 valence electrons. The van der Waals surface area contributed by atoms with Crippen molar-refractivity contribution in [2.75, 3.05) is 31.5 Å². The molecule has 2 heterocycles. The van der Waals surface area contributed by atoms with Crippen molar-refractivity contribution in [3.05, 3.63) is 81.7 Å². The van der Waals surface area contributed by atoms with Crippen LogP contribution in [0.25, 0.3) is 0 Å². The van der Waals surface area contributed by atoms with E-state index >= 15 is 0 Å². The van der Waals surface area contributed by atoms with E-state index in [2.05, 4.69) is 20.2 Å². The van der Waals surface area contributed by atoms with Gasteiger partial charge in [0.2, 0.25) is 0 Å². The highest BCUT2D eigenvalue weighted by Gasteiger charge is 2.19. The highest BCUT2D eigenvalue weighted by atomic mass is 35.5. The molecule has 3 aromatic rings. The summed E-state index contributed by atoms with van der Waals surface area (Å²) >= 11 is 18.1. The Bertz CT molecular complexity index is 1050. The van der Waals surface area contributed by atoms with Crippen molar-refractivity contribution in [1.82, 2.24) is 19.6 Å². The van der Waals surface area contributed by atoms with Crippen LogP contribution < -0.4 is 5.32 Å². The van der Waals surface area contributed by atoms with E-state index in [4.69, 9.17) is 35.4 Å². The van der Waals surface area contributed by atoms with Crippen molar-refractivity contribution in [1.29, 1.82) is 0 Å². The Hall–Kier alpha value is -2.19. The van der Waals surface area contributed by atoms with E-state index < -0.39 is 0 Å². The minimum absolute atomic E-state index is 0.197. The van der Waals surface area contributed by atoms with Gasteiger partial charge in [-0.2, -0.15) is 5.10 Å². The van der Waals surface area contributed by atoms with Crippen LogP contribution in [0.3, 0.4) is 0 Å². The molecule has 4 rings (SSSR count). The highest BCUT2D eigenvalue weighted by Crippen LogP contribution is 2.25. The Morgan fingerprint density at radius 3 is 2.42 bits per heavy atom. The number of rotatable bonds is 5. The lowest BCUT2D eigenvalue weighted by Crippen LogP contribution is -2.49. The maximum atomic E-state index is 13.4. The molecular weight excluding hydrogens is 456 g/mol. The third-order valence-electron chi connectivity index (χ3n) is 5.21. The van der Waals surface area contributed by atoms with Crippen LogP contribution in [0.5, 0.6) is 0 Å². The first kappa shape index (κ1) is 22.0. The van der Waals surface area contributed by atoms with Gasteiger partial charge in [-0.25, -0.2) is 4.39 Å². The Labute approximate surface area is 196 Å². The van der Waals surface area contributed by atoms with Crippen molar-refractivity contribution in [2.24, 2.45) is 0 Å². The van der Waals surface area contributed by atoms with Gasteiger partial charge >= 0.3 is 0 Å². The van der Waals surface area contributed by atoms with Gasteiger partial charge in [-0.05, 0) is 42.0 Å². The number of anilines is 1. The van der Waals surface area contributed by atoms with Crippen molar-refractivity contribution in [3.8, 4) is 0 Å². The van der Waals surface area contributed by atoms with Crippen molar-refractivity contribution in [3.63, 3.8) is 0 Å². The van der Waals surface area contributed by atoms with Gasteiger partial charge in [0.1, 0.15) is 5.82 Å². The molecule has 2 aromatic carbocycles. The molecule has 31 heavy (non-hydrogen) atoms. The summed E-state index contributed by atoms with van der Waals surface area (Å²) in [5.74, 6) is 0.480. The molecule has 1 aromatic heterocycles. The van der Waals surface area contributed by atoms with Crippen molar-refractivity contribution < 1.29 is 4.39 Å². The molecule has 0 saturated carbocycles. The van der Waals surface area contributed by atoms with Crippen molar-refractivity contribution >= 4 is 46.4 Å². The van der Waals surface area contributed by atoms with E-state index in [1.165, 1.54) is 6.07 Å². The van der Waals surface area contributed by atoms with Gasteiger partial charge in [-0.15, -0.1) is 0 Å². The van der Waals surface area contributed by atoms with Crippen LogP contribution in [0.4, 0.5) is 10.2 Å². The summed E-state index contributed by atoms with van der Waals surface area (Å²) in [6.45, 7) is 4.54. The summed E-state index contributed by atoms with van der Waals surface area (Å²) in [5.41, 5.74) is 1.82. The summed E-state index contributed by atoms with van der Waals surface area (Å²) < 4.78 is 15.2. The van der Waals surface area contributed by atoms with E-state index in [1.807, 2.05) is 36.5 Å². The molecule has 0 spiro atoms. The minimum atomic E-state index is -0.197. The molecule has 0 amide bonds. The molecule has 0 atom stereocenters. The Balaban J connectivity index is 1.28. The molecule has 0 bridgehead atoms. The molecule has 1 saturated heterocycles. The van der Waals surface area contributed by atoms with Crippen molar-refractivity contribution in [2.45, 2.75) is 13.1 Å². The molecule has 1 aliphatic heterocycles. The number of thiocarbonyl (C=S) groups is 1.